The van der Waals surface area contributed by atoms with E-state index in [4.69, 9.17) is 4.74 Å². The van der Waals surface area contributed by atoms with E-state index in [-0.39, 0.29) is 35.8 Å². The Labute approximate surface area is 206 Å². The second-order valence-electron chi connectivity index (χ2n) is 8.83. The lowest BCUT2D eigenvalue weighted by Crippen LogP contribution is -2.39. The molecule has 2 amide bonds. The van der Waals surface area contributed by atoms with E-state index in [0.717, 1.165) is 52.9 Å². The summed E-state index contributed by atoms with van der Waals surface area (Å²) in [5.41, 5.74) is 4.67. The van der Waals surface area contributed by atoms with Crippen molar-refractivity contribution in [2.45, 2.75) is 25.2 Å². The van der Waals surface area contributed by atoms with Crippen molar-refractivity contribution in [3.8, 4) is 11.1 Å². The van der Waals surface area contributed by atoms with E-state index in [0.29, 0.717) is 0 Å². The number of amides is 2. The lowest BCUT2D eigenvalue weighted by molar-refractivity contribution is -0.144. The second-order valence-corrected chi connectivity index (χ2v) is 9.69. The zero-order valence-corrected chi connectivity index (χ0v) is 19.7. The maximum atomic E-state index is 12.4. The molecular formula is C26H25N3O5S. The number of hydrogen-bond acceptors (Lipinski definition) is 6. The van der Waals surface area contributed by atoms with Gasteiger partial charge in [-0.15, -0.1) is 11.3 Å². The van der Waals surface area contributed by atoms with E-state index in [9.17, 15) is 19.5 Å². The van der Waals surface area contributed by atoms with Crippen molar-refractivity contribution < 1.29 is 24.2 Å². The van der Waals surface area contributed by atoms with Crippen molar-refractivity contribution in [2.75, 3.05) is 18.5 Å². The van der Waals surface area contributed by atoms with Gasteiger partial charge >= 0.3 is 12.1 Å². The van der Waals surface area contributed by atoms with Gasteiger partial charge in [0.15, 0.2) is 5.13 Å². The van der Waals surface area contributed by atoms with Gasteiger partial charge in [0.1, 0.15) is 12.3 Å². The van der Waals surface area contributed by atoms with Gasteiger partial charge in [-0.3, -0.25) is 14.9 Å². The fourth-order valence-corrected chi connectivity index (χ4v) is 5.42. The van der Waals surface area contributed by atoms with Crippen molar-refractivity contribution >= 4 is 34.4 Å². The monoisotopic (exact) mass is 491 g/mol. The third-order valence-corrected chi connectivity index (χ3v) is 7.57. The number of anilines is 1. The molecule has 0 bridgehead atoms. The molecule has 1 atom stereocenters. The zero-order valence-electron chi connectivity index (χ0n) is 18.9. The largest absolute Gasteiger partial charge is 0.481 e. The second kappa shape index (κ2) is 9.87. The molecule has 180 valence electrons. The molecule has 3 N–H and O–H groups in total. The minimum absolute atomic E-state index is 0.0522. The molecule has 3 aromatic rings. The number of carbonyl (C=O) groups excluding carboxylic acids is 2. The summed E-state index contributed by atoms with van der Waals surface area (Å²) < 4.78 is 5.51. The van der Waals surface area contributed by atoms with Gasteiger partial charge in [-0.25, -0.2) is 9.78 Å². The maximum Gasteiger partial charge on any atom is 0.413 e. The Bertz CT molecular complexity index is 1220. The van der Waals surface area contributed by atoms with Crippen molar-refractivity contribution in [3.63, 3.8) is 0 Å². The summed E-state index contributed by atoms with van der Waals surface area (Å²) in [5, 5.41) is 16.4. The van der Waals surface area contributed by atoms with Crippen LogP contribution in [0.3, 0.4) is 0 Å². The Kier molecular flexibility index (Phi) is 6.50. The SMILES string of the molecule is O=C(Nc1nc(C(=O)NCC(C(=O)O)C2CCC2)cs1)OCC1c2ccccc2-c2ccccc21. The van der Waals surface area contributed by atoms with Crippen LogP contribution in [0, 0.1) is 11.8 Å². The van der Waals surface area contributed by atoms with E-state index < -0.39 is 23.9 Å². The maximum absolute atomic E-state index is 12.4. The van der Waals surface area contributed by atoms with Gasteiger partial charge in [-0.1, -0.05) is 55.0 Å². The Balaban J connectivity index is 1.16. The molecule has 2 aliphatic rings. The molecule has 2 aliphatic carbocycles. The Morgan fingerprint density at radius 1 is 1.06 bits per heavy atom. The molecule has 0 aliphatic heterocycles. The molecule has 1 saturated carbocycles. The molecule has 5 rings (SSSR count). The molecule has 2 aromatic carbocycles. The van der Waals surface area contributed by atoms with Crippen LogP contribution in [0.5, 0.6) is 0 Å². The van der Waals surface area contributed by atoms with Crippen LogP contribution in [0.4, 0.5) is 9.93 Å². The Morgan fingerprint density at radius 2 is 1.71 bits per heavy atom. The van der Waals surface area contributed by atoms with Gasteiger partial charge in [0.05, 0.1) is 5.92 Å². The number of carboxylic acid groups (broad SMARTS) is 1. The third kappa shape index (κ3) is 4.77. The fraction of sp³-hybridized carbons (Fsp3) is 0.308. The quantitative estimate of drug-likeness (QED) is 0.419. The highest BCUT2D eigenvalue weighted by Crippen LogP contribution is 2.44. The van der Waals surface area contributed by atoms with Gasteiger partial charge in [0.25, 0.3) is 5.91 Å². The summed E-state index contributed by atoms with van der Waals surface area (Å²) in [6.07, 6.45) is 2.12. The van der Waals surface area contributed by atoms with Gasteiger partial charge in [0, 0.05) is 17.8 Å². The molecule has 0 saturated heterocycles. The summed E-state index contributed by atoms with van der Waals surface area (Å²) in [4.78, 5) is 40.5. The first-order chi connectivity index (χ1) is 17.0. The van der Waals surface area contributed by atoms with Crippen LogP contribution in [0.2, 0.25) is 0 Å². The van der Waals surface area contributed by atoms with Crippen LogP contribution in [0.25, 0.3) is 11.1 Å². The predicted octanol–water partition coefficient (Wildman–Crippen LogP) is 4.73. The number of aromatic nitrogens is 1. The normalized spacial score (nSPS) is 15.4. The van der Waals surface area contributed by atoms with Crippen molar-refractivity contribution in [3.05, 3.63) is 70.7 Å². The Morgan fingerprint density at radius 3 is 2.31 bits per heavy atom. The molecule has 8 nitrogen and oxygen atoms in total. The van der Waals surface area contributed by atoms with E-state index in [2.05, 4.69) is 27.8 Å². The zero-order chi connectivity index (χ0) is 24.4. The van der Waals surface area contributed by atoms with E-state index in [1.807, 2.05) is 36.4 Å². The molecule has 35 heavy (non-hydrogen) atoms. The van der Waals surface area contributed by atoms with E-state index in [1.54, 1.807) is 0 Å². The van der Waals surface area contributed by atoms with Crippen LogP contribution < -0.4 is 10.6 Å². The first-order valence-corrected chi connectivity index (χ1v) is 12.5. The van der Waals surface area contributed by atoms with Crippen LogP contribution in [0.1, 0.15) is 46.8 Å². The van der Waals surface area contributed by atoms with Gasteiger partial charge in [-0.05, 0) is 41.0 Å². The Hall–Kier alpha value is -3.72. The molecule has 1 heterocycles. The molecule has 9 heteroatoms. The number of carbonyl (C=O) groups is 3. The molecular weight excluding hydrogens is 466 g/mol. The van der Waals surface area contributed by atoms with Crippen molar-refractivity contribution in [2.24, 2.45) is 11.8 Å². The summed E-state index contributed by atoms with van der Waals surface area (Å²) in [6.45, 7) is 0.238. The number of ether oxygens (including phenoxy) is 1. The van der Waals surface area contributed by atoms with Crippen LogP contribution in [0.15, 0.2) is 53.9 Å². The van der Waals surface area contributed by atoms with Gasteiger partial charge in [-0.2, -0.15) is 0 Å². The molecule has 1 fully saturated rings. The van der Waals surface area contributed by atoms with E-state index >= 15 is 0 Å². The third-order valence-electron chi connectivity index (χ3n) is 6.81. The highest BCUT2D eigenvalue weighted by Gasteiger charge is 2.33. The fourth-order valence-electron chi connectivity index (χ4n) is 4.75. The molecule has 0 spiro atoms. The summed E-state index contributed by atoms with van der Waals surface area (Å²) in [5.74, 6) is -1.90. The minimum Gasteiger partial charge on any atom is -0.481 e. The van der Waals surface area contributed by atoms with Crippen LogP contribution >= 0.6 is 11.3 Å². The summed E-state index contributed by atoms with van der Waals surface area (Å²) in [7, 11) is 0. The predicted molar refractivity (Wildman–Crippen MR) is 132 cm³/mol. The number of carboxylic acids is 1. The lowest BCUT2D eigenvalue weighted by Gasteiger charge is -2.31. The highest BCUT2D eigenvalue weighted by molar-refractivity contribution is 7.14. The van der Waals surface area contributed by atoms with Crippen molar-refractivity contribution in [1.82, 2.24) is 10.3 Å². The number of hydrogen-bond donors (Lipinski definition) is 3. The van der Waals surface area contributed by atoms with E-state index in [1.165, 1.54) is 5.38 Å². The number of benzene rings is 2. The average Bonchev–Trinajstić information content (AvgIpc) is 3.41. The summed E-state index contributed by atoms with van der Waals surface area (Å²) in [6, 6.07) is 16.2. The number of aliphatic carboxylic acids is 1. The highest BCUT2D eigenvalue weighted by atomic mass is 32.1. The minimum atomic E-state index is -0.897. The van der Waals surface area contributed by atoms with Gasteiger partial charge in [0.2, 0.25) is 0 Å². The lowest BCUT2D eigenvalue weighted by atomic mass is 9.76. The van der Waals surface area contributed by atoms with Crippen LogP contribution in [-0.2, 0) is 9.53 Å². The molecule has 0 radical (unpaired) electrons. The topological polar surface area (TPSA) is 118 Å². The van der Waals surface area contributed by atoms with Gasteiger partial charge < -0.3 is 15.2 Å². The molecule has 1 unspecified atom stereocenters. The number of nitrogens with one attached hydrogen (secondary N) is 2. The smallest absolute Gasteiger partial charge is 0.413 e. The average molecular weight is 492 g/mol. The van der Waals surface area contributed by atoms with Crippen molar-refractivity contribution in [1.29, 1.82) is 0 Å². The first kappa shape index (κ1) is 23.0. The number of thiazole rings is 1. The molecule has 1 aromatic heterocycles. The number of rotatable bonds is 8. The standard InChI is InChI=1S/C26H25N3O5S/c30-23(27-12-20(24(31)32)15-6-5-7-15)22-14-35-25(28-22)29-26(33)34-13-21-18-10-3-1-8-16(18)17-9-2-4-11-19(17)21/h1-4,8-11,14-15,20-21H,5-7,12-13H2,(H,27,30)(H,31,32)(H,28,29,33). The number of nitrogens with zero attached hydrogens (tertiary/aromatic N) is 1. The number of fused-ring (bicyclic) bond motifs is 3. The first-order valence-electron chi connectivity index (χ1n) is 11.6. The summed E-state index contributed by atoms with van der Waals surface area (Å²) >= 11 is 1.10. The van der Waals surface area contributed by atoms with Crippen LogP contribution in [-0.4, -0.2) is 41.2 Å².